The van der Waals surface area contributed by atoms with E-state index in [0.29, 0.717) is 11.4 Å². The fourth-order valence-electron chi connectivity index (χ4n) is 3.30. The van der Waals surface area contributed by atoms with E-state index in [-0.39, 0.29) is 23.0 Å². The Kier molecular flexibility index (Phi) is 4.81. The maximum atomic E-state index is 13.3. The predicted molar refractivity (Wildman–Crippen MR) is 115 cm³/mol. The first kappa shape index (κ1) is 18.5. The molecule has 1 saturated heterocycles. The minimum Gasteiger partial charge on any atom is -0.293 e. The number of anilines is 2. The summed E-state index contributed by atoms with van der Waals surface area (Å²) in [6.07, 6.45) is 3.53. The number of amides is 2. The lowest BCUT2D eigenvalue weighted by molar-refractivity contribution is -0.129. The summed E-state index contributed by atoms with van der Waals surface area (Å²) in [5.74, 6) is -1.68. The second-order valence-electron chi connectivity index (χ2n) is 7.21. The van der Waals surface area contributed by atoms with Gasteiger partial charge in [0.2, 0.25) is 0 Å². The van der Waals surface area contributed by atoms with Crippen LogP contribution in [0.4, 0.5) is 11.4 Å². The fraction of sp³-hybridized carbons (Fsp3) is 0.273. The molecule has 142 valence electrons. The van der Waals surface area contributed by atoms with Crippen LogP contribution in [0.25, 0.3) is 0 Å². The minimum absolute atomic E-state index is 0.176. The third kappa shape index (κ3) is 3.24. The lowest BCUT2D eigenvalue weighted by Crippen LogP contribution is -2.61. The summed E-state index contributed by atoms with van der Waals surface area (Å²) in [6, 6.07) is 15.3. The number of rotatable bonds is 4. The Morgan fingerprint density at radius 2 is 1.36 bits per heavy atom. The first-order chi connectivity index (χ1) is 13.5. The zero-order valence-electron chi connectivity index (χ0n) is 15.8. The number of aliphatic imine (C=N–C) groups is 1. The van der Waals surface area contributed by atoms with Crippen LogP contribution in [0.15, 0.2) is 53.5 Å². The molecule has 2 fully saturated rings. The van der Waals surface area contributed by atoms with Crippen LogP contribution in [0.1, 0.15) is 24.0 Å². The smallest absolute Gasteiger partial charge is 0.251 e. The number of para-hydroxylation sites is 2. The molecule has 1 aliphatic carbocycles. The van der Waals surface area contributed by atoms with Crippen molar-refractivity contribution in [3.05, 3.63) is 59.7 Å². The topological polar surface area (TPSA) is 53.0 Å². The van der Waals surface area contributed by atoms with Crippen molar-refractivity contribution in [2.24, 2.45) is 10.9 Å². The quantitative estimate of drug-likeness (QED) is 0.452. The molecule has 0 bridgehead atoms. The zero-order chi connectivity index (χ0) is 19.8. The largest absolute Gasteiger partial charge is 0.293 e. The Hall–Kier alpha value is -2.86. The molecule has 2 aromatic carbocycles. The molecule has 0 unspecified atom stereocenters. The molecule has 0 radical (unpaired) electrons. The summed E-state index contributed by atoms with van der Waals surface area (Å²) in [4.78, 5) is 34.0. The van der Waals surface area contributed by atoms with E-state index in [1.165, 1.54) is 16.0 Å². The maximum Gasteiger partial charge on any atom is 0.251 e. The number of carbonyl (C=O) groups is 2. The van der Waals surface area contributed by atoms with Gasteiger partial charge in [0.15, 0.2) is 11.0 Å². The van der Waals surface area contributed by atoms with Gasteiger partial charge in [0.25, 0.3) is 11.8 Å². The fourth-order valence-corrected chi connectivity index (χ4v) is 3.68. The van der Waals surface area contributed by atoms with Crippen molar-refractivity contribution in [2.45, 2.75) is 32.7 Å². The minimum atomic E-state index is -0.980. The molecular formula is C22H21N3O2S. The molecule has 2 amide bonds. The van der Waals surface area contributed by atoms with Crippen LogP contribution < -0.4 is 9.80 Å². The number of nitrogens with zero attached hydrogens (tertiary/aromatic N) is 3. The molecule has 28 heavy (non-hydrogen) atoms. The van der Waals surface area contributed by atoms with Crippen LogP contribution in [-0.4, -0.2) is 29.2 Å². The lowest BCUT2D eigenvalue weighted by atomic mass is 10.0. The van der Waals surface area contributed by atoms with E-state index in [4.69, 9.17) is 12.2 Å². The van der Waals surface area contributed by atoms with Gasteiger partial charge < -0.3 is 0 Å². The van der Waals surface area contributed by atoms with E-state index in [2.05, 4.69) is 4.99 Å². The molecule has 5 nitrogen and oxygen atoms in total. The second-order valence-corrected chi connectivity index (χ2v) is 7.57. The Bertz CT molecular complexity index is 929. The molecular weight excluding hydrogens is 370 g/mol. The van der Waals surface area contributed by atoms with Crippen molar-refractivity contribution >= 4 is 46.7 Å². The predicted octanol–water partition coefficient (Wildman–Crippen LogP) is 3.82. The molecule has 0 spiro atoms. The van der Waals surface area contributed by atoms with Gasteiger partial charge in [-0.2, -0.15) is 0 Å². The van der Waals surface area contributed by atoms with Crippen LogP contribution >= 0.6 is 12.2 Å². The van der Waals surface area contributed by atoms with Gasteiger partial charge in [0.1, 0.15) is 0 Å². The molecule has 0 N–H and O–H groups in total. The maximum absolute atomic E-state index is 13.3. The average molecular weight is 391 g/mol. The normalized spacial score (nSPS) is 18.4. The van der Waals surface area contributed by atoms with Crippen molar-refractivity contribution in [1.82, 2.24) is 0 Å². The van der Waals surface area contributed by atoms with E-state index in [9.17, 15) is 9.59 Å². The van der Waals surface area contributed by atoms with Gasteiger partial charge in [-0.15, -0.1) is 0 Å². The molecule has 0 aromatic heterocycles. The van der Waals surface area contributed by atoms with Crippen LogP contribution in [0.2, 0.25) is 0 Å². The number of aryl methyl sites for hydroxylation is 2. The summed E-state index contributed by atoms with van der Waals surface area (Å²) in [7, 11) is 0. The molecule has 1 saturated carbocycles. The summed E-state index contributed by atoms with van der Waals surface area (Å²) in [5, 5.41) is 0.176. The van der Waals surface area contributed by atoms with E-state index in [1.54, 1.807) is 0 Å². The van der Waals surface area contributed by atoms with Crippen LogP contribution in [0.5, 0.6) is 0 Å². The molecule has 0 atom stereocenters. The Morgan fingerprint density at radius 3 is 1.79 bits per heavy atom. The second kappa shape index (κ2) is 7.28. The van der Waals surface area contributed by atoms with Gasteiger partial charge in [-0.3, -0.25) is 24.4 Å². The number of hydrogen-bond donors (Lipinski definition) is 0. The highest BCUT2D eigenvalue weighted by molar-refractivity contribution is 7.81. The van der Waals surface area contributed by atoms with Crippen molar-refractivity contribution in [2.75, 3.05) is 9.80 Å². The van der Waals surface area contributed by atoms with Gasteiger partial charge in [0, 0.05) is 12.3 Å². The van der Waals surface area contributed by atoms with Gasteiger partial charge in [-0.05, 0) is 62.2 Å². The summed E-state index contributed by atoms with van der Waals surface area (Å²) in [6.45, 7) is 3.85. The van der Waals surface area contributed by atoms with Crippen molar-refractivity contribution in [3.8, 4) is 0 Å². The van der Waals surface area contributed by atoms with Crippen LogP contribution in [0, 0.1) is 19.8 Å². The summed E-state index contributed by atoms with van der Waals surface area (Å²) >= 11 is 5.65. The van der Waals surface area contributed by atoms with Gasteiger partial charge >= 0.3 is 0 Å². The van der Waals surface area contributed by atoms with Gasteiger partial charge in [0.05, 0.1) is 11.4 Å². The first-order valence-electron chi connectivity index (χ1n) is 9.35. The van der Waals surface area contributed by atoms with Gasteiger partial charge in [-0.25, -0.2) is 0 Å². The highest BCUT2D eigenvalue weighted by Crippen LogP contribution is 2.32. The summed E-state index contributed by atoms with van der Waals surface area (Å²) in [5.41, 5.74) is 3.20. The SMILES string of the molecule is Cc1ccccc1N1C(=O)C(C=NC2CC2)C(=O)N(c2ccccc2C)C1=S. The summed E-state index contributed by atoms with van der Waals surface area (Å²) < 4.78 is 0. The highest BCUT2D eigenvalue weighted by atomic mass is 32.1. The van der Waals surface area contributed by atoms with Crippen LogP contribution in [0.3, 0.4) is 0 Å². The number of carbonyl (C=O) groups excluding carboxylic acids is 2. The average Bonchev–Trinajstić information content (AvgIpc) is 3.49. The molecule has 6 heteroatoms. The molecule has 4 rings (SSSR count). The van der Waals surface area contributed by atoms with E-state index < -0.39 is 5.92 Å². The third-order valence-corrected chi connectivity index (χ3v) is 5.43. The molecule has 1 aliphatic heterocycles. The van der Waals surface area contributed by atoms with Crippen LogP contribution in [-0.2, 0) is 9.59 Å². The monoisotopic (exact) mass is 391 g/mol. The van der Waals surface area contributed by atoms with E-state index in [0.717, 1.165) is 24.0 Å². The van der Waals surface area contributed by atoms with E-state index >= 15 is 0 Å². The van der Waals surface area contributed by atoms with Gasteiger partial charge in [-0.1, -0.05) is 36.4 Å². The standard InChI is InChI=1S/C22H21N3O2S/c1-14-7-3-5-9-18(14)24-20(26)17(13-23-16-11-12-16)21(27)25(22(24)28)19-10-6-4-8-15(19)2/h3-10,13,16-17H,11-12H2,1-2H3. The molecule has 2 aromatic rings. The molecule has 2 aliphatic rings. The van der Waals surface area contributed by atoms with E-state index in [1.807, 2.05) is 62.4 Å². The highest BCUT2D eigenvalue weighted by Gasteiger charge is 2.45. The first-order valence-corrected chi connectivity index (χ1v) is 9.76. The number of hydrogen-bond acceptors (Lipinski definition) is 4. The lowest BCUT2D eigenvalue weighted by Gasteiger charge is -2.39. The zero-order valence-corrected chi connectivity index (χ0v) is 16.6. The molecule has 1 heterocycles. The Morgan fingerprint density at radius 1 is 0.893 bits per heavy atom. The Balaban J connectivity index is 1.83. The van der Waals surface area contributed by atoms with Crippen molar-refractivity contribution in [3.63, 3.8) is 0 Å². The van der Waals surface area contributed by atoms with Crippen molar-refractivity contribution < 1.29 is 9.59 Å². The number of benzene rings is 2. The Labute approximate surface area is 169 Å². The third-order valence-electron chi connectivity index (χ3n) is 5.06. The number of thiocarbonyl (C=S) groups is 1. The van der Waals surface area contributed by atoms with Crippen molar-refractivity contribution in [1.29, 1.82) is 0 Å².